The quantitative estimate of drug-likeness (QED) is 0.649. The highest BCUT2D eigenvalue weighted by Crippen LogP contribution is 2.10. The summed E-state index contributed by atoms with van der Waals surface area (Å²) in [5.41, 5.74) is 0. The third-order valence-electron chi connectivity index (χ3n) is 1.15. The van der Waals surface area contributed by atoms with Crippen molar-refractivity contribution in [3.8, 4) is 0 Å². The minimum absolute atomic E-state index is 0.0588. The van der Waals surface area contributed by atoms with Gasteiger partial charge in [0.25, 0.3) is 0 Å². The fraction of sp³-hybridized carbons (Fsp3) is 0.286. The molecule has 64 valence electrons. The molecule has 0 aromatic heterocycles. The van der Waals surface area contributed by atoms with Gasteiger partial charge in [-0.05, 0) is 6.92 Å². The number of ether oxygens (including phenoxy) is 1. The van der Waals surface area contributed by atoms with Crippen molar-refractivity contribution in [1.82, 2.24) is 5.32 Å². The maximum Gasteiger partial charge on any atom is 0.218 e. The highest BCUT2D eigenvalue weighted by atomic mass is 35.5. The Morgan fingerprint density at radius 3 is 3.08 bits per heavy atom. The van der Waals surface area contributed by atoms with Crippen LogP contribution in [0.25, 0.3) is 0 Å². The second kappa shape index (κ2) is 3.95. The van der Waals surface area contributed by atoms with Crippen molar-refractivity contribution in [2.45, 2.75) is 6.92 Å². The van der Waals surface area contributed by atoms with Gasteiger partial charge in [-0.2, -0.15) is 0 Å². The highest BCUT2D eigenvalue weighted by Gasteiger charge is 2.11. The van der Waals surface area contributed by atoms with Gasteiger partial charge < -0.3 is 10.1 Å². The van der Waals surface area contributed by atoms with E-state index in [1.165, 1.54) is 6.20 Å². The molecule has 0 fully saturated rings. The molecule has 5 heteroatoms. The van der Waals surface area contributed by atoms with Crippen LogP contribution in [-0.2, 0) is 9.53 Å². The summed E-state index contributed by atoms with van der Waals surface area (Å²) in [6.45, 7) is 2.33. The van der Waals surface area contributed by atoms with Crippen LogP contribution in [0.1, 0.15) is 6.92 Å². The van der Waals surface area contributed by atoms with E-state index in [1.807, 2.05) is 6.92 Å². The van der Waals surface area contributed by atoms with Crippen LogP contribution in [0.4, 0.5) is 0 Å². The van der Waals surface area contributed by atoms with E-state index in [4.69, 9.17) is 16.3 Å². The Morgan fingerprint density at radius 2 is 2.58 bits per heavy atom. The van der Waals surface area contributed by atoms with Crippen LogP contribution in [0.5, 0.6) is 0 Å². The van der Waals surface area contributed by atoms with Crippen LogP contribution in [-0.4, -0.2) is 17.7 Å². The Morgan fingerprint density at radius 1 is 1.83 bits per heavy atom. The molecule has 0 aliphatic carbocycles. The Kier molecular flexibility index (Phi) is 2.91. The molecule has 0 spiro atoms. The smallest absolute Gasteiger partial charge is 0.218 e. The lowest BCUT2D eigenvalue weighted by Crippen LogP contribution is -2.16. The first-order valence-corrected chi connectivity index (χ1v) is 3.75. The number of aliphatic imine (C=N–C) groups is 1. The van der Waals surface area contributed by atoms with Gasteiger partial charge in [0.05, 0.1) is 6.61 Å². The molecule has 0 aromatic rings. The lowest BCUT2D eigenvalue weighted by Gasteiger charge is -2.11. The second-order valence-corrected chi connectivity index (χ2v) is 2.30. The predicted molar refractivity (Wildman–Crippen MR) is 45.3 cm³/mol. The van der Waals surface area contributed by atoms with Crippen LogP contribution >= 0.6 is 11.6 Å². The summed E-state index contributed by atoms with van der Waals surface area (Å²) >= 11 is 5.65. The number of carbonyl (C=O) groups excluding carboxylic acids is 1. The minimum atomic E-state index is 0.0588. The first-order chi connectivity index (χ1) is 5.77. The second-order valence-electron chi connectivity index (χ2n) is 1.94. The van der Waals surface area contributed by atoms with Gasteiger partial charge in [-0.3, -0.25) is 0 Å². The van der Waals surface area contributed by atoms with Crippen LogP contribution < -0.4 is 5.32 Å². The largest absolute Gasteiger partial charge is 0.489 e. The van der Waals surface area contributed by atoms with Crippen molar-refractivity contribution >= 4 is 22.7 Å². The number of nitrogens with one attached hydrogen (secondary N) is 1. The van der Waals surface area contributed by atoms with Crippen molar-refractivity contribution in [2.24, 2.45) is 4.99 Å². The Balaban J connectivity index is 2.79. The third kappa shape index (κ3) is 1.87. The van der Waals surface area contributed by atoms with E-state index in [9.17, 15) is 4.79 Å². The lowest BCUT2D eigenvalue weighted by atomic mass is 10.5. The molecule has 1 aliphatic heterocycles. The number of hydrogen-bond acceptors (Lipinski definition) is 4. The molecule has 0 aromatic carbocycles. The molecule has 0 atom stereocenters. The summed E-state index contributed by atoms with van der Waals surface area (Å²) in [4.78, 5) is 13.8. The number of nitrogens with zero attached hydrogens (tertiary/aromatic N) is 1. The van der Waals surface area contributed by atoms with E-state index >= 15 is 0 Å². The molecule has 0 saturated carbocycles. The molecular weight excluding hydrogens is 180 g/mol. The molecule has 0 unspecified atom stereocenters. The van der Waals surface area contributed by atoms with Gasteiger partial charge in [-0.1, -0.05) is 11.6 Å². The molecule has 0 radical (unpaired) electrons. The van der Waals surface area contributed by atoms with Crippen molar-refractivity contribution in [3.05, 3.63) is 17.8 Å². The average Bonchev–Trinajstić information content (AvgIpc) is 2.09. The number of halogens is 1. The summed E-state index contributed by atoms with van der Waals surface area (Å²) < 4.78 is 5.08. The van der Waals surface area contributed by atoms with Gasteiger partial charge in [-0.15, -0.1) is 0 Å². The summed E-state index contributed by atoms with van der Waals surface area (Å²) in [7, 11) is 0. The third-order valence-corrected chi connectivity index (χ3v) is 1.42. The zero-order valence-corrected chi connectivity index (χ0v) is 7.18. The molecular formula is C7H7ClN2O2. The first-order valence-electron chi connectivity index (χ1n) is 3.37. The molecule has 0 amide bonds. The summed E-state index contributed by atoms with van der Waals surface area (Å²) in [6, 6.07) is 0. The maximum absolute atomic E-state index is 10.1. The van der Waals surface area contributed by atoms with Gasteiger partial charge >= 0.3 is 0 Å². The van der Waals surface area contributed by atoms with E-state index in [0.29, 0.717) is 12.4 Å². The van der Waals surface area contributed by atoms with Crippen LogP contribution in [0.15, 0.2) is 22.8 Å². The van der Waals surface area contributed by atoms with Crippen molar-refractivity contribution in [3.63, 3.8) is 0 Å². The standard InChI is InChI=1S/C7H7ClN2O2/c1-2-12-5-3-9-6(4-11)10-7(5)8/h3,9H,2H2,1H3. The van der Waals surface area contributed by atoms with Crippen LogP contribution in [0.3, 0.4) is 0 Å². The molecule has 1 heterocycles. The van der Waals surface area contributed by atoms with Crippen molar-refractivity contribution in [1.29, 1.82) is 0 Å². The van der Waals surface area contributed by atoms with Crippen LogP contribution in [0.2, 0.25) is 0 Å². The van der Waals surface area contributed by atoms with Gasteiger partial charge in [0.2, 0.25) is 5.82 Å². The monoisotopic (exact) mass is 186 g/mol. The molecule has 12 heavy (non-hydrogen) atoms. The van der Waals surface area contributed by atoms with E-state index < -0.39 is 0 Å². The van der Waals surface area contributed by atoms with Gasteiger partial charge in [0, 0.05) is 6.20 Å². The fourth-order valence-corrected chi connectivity index (χ4v) is 0.882. The first kappa shape index (κ1) is 8.84. The van der Waals surface area contributed by atoms with Gasteiger partial charge in [-0.25, -0.2) is 9.79 Å². The Hall–Kier alpha value is -1.25. The minimum Gasteiger partial charge on any atom is -0.489 e. The topological polar surface area (TPSA) is 50.7 Å². The summed E-state index contributed by atoms with van der Waals surface area (Å²) in [6.07, 6.45) is 1.47. The Bertz CT molecular complexity index is 290. The maximum atomic E-state index is 10.1. The normalized spacial score (nSPS) is 15.7. The Labute approximate surface area is 74.6 Å². The predicted octanol–water partition coefficient (Wildman–Crippen LogP) is 0.778. The zero-order chi connectivity index (χ0) is 8.97. The number of allylic oxidation sites excluding steroid dienone is 1. The number of rotatable bonds is 2. The van der Waals surface area contributed by atoms with Crippen molar-refractivity contribution in [2.75, 3.05) is 6.61 Å². The summed E-state index contributed by atoms with van der Waals surface area (Å²) in [5.74, 6) is 2.07. The lowest BCUT2D eigenvalue weighted by molar-refractivity contribution is 0.248. The molecule has 0 bridgehead atoms. The van der Waals surface area contributed by atoms with E-state index in [2.05, 4.69) is 10.3 Å². The number of hydrogen-bond donors (Lipinski definition) is 1. The zero-order valence-electron chi connectivity index (χ0n) is 6.43. The molecule has 4 nitrogen and oxygen atoms in total. The van der Waals surface area contributed by atoms with Crippen LogP contribution in [0, 0.1) is 0 Å². The molecule has 1 rings (SSSR count). The van der Waals surface area contributed by atoms with Gasteiger partial charge in [0.1, 0.15) is 0 Å². The molecule has 1 aliphatic rings. The van der Waals surface area contributed by atoms with Gasteiger partial charge in [0.15, 0.2) is 16.9 Å². The molecule has 1 N–H and O–H groups in total. The molecule has 0 saturated heterocycles. The summed E-state index contributed by atoms with van der Waals surface area (Å²) in [5, 5.41) is 2.73. The van der Waals surface area contributed by atoms with Crippen molar-refractivity contribution < 1.29 is 9.53 Å². The average molecular weight is 187 g/mol. The highest BCUT2D eigenvalue weighted by molar-refractivity contribution is 6.69. The fourth-order valence-electron chi connectivity index (χ4n) is 0.688. The van der Waals surface area contributed by atoms with E-state index in [-0.39, 0.29) is 11.0 Å². The SMILES string of the molecule is CCOC1=CNC(=C=O)N=C1Cl. The van der Waals surface area contributed by atoms with E-state index in [1.54, 1.807) is 5.94 Å². The van der Waals surface area contributed by atoms with E-state index in [0.717, 1.165) is 0 Å².